The van der Waals surface area contributed by atoms with E-state index in [0.717, 1.165) is 33.2 Å². The molecule has 2 heterocycles. The van der Waals surface area contributed by atoms with Crippen LogP contribution in [0, 0.1) is 6.92 Å². The molecule has 4 rings (SSSR count). The third kappa shape index (κ3) is 4.05. The normalized spacial score (nSPS) is 26.7. The number of benzene rings is 2. The molecule has 0 aliphatic carbocycles. The Bertz CT molecular complexity index is 1070. The van der Waals surface area contributed by atoms with Crippen LogP contribution in [0.3, 0.4) is 0 Å². The Morgan fingerprint density at radius 3 is 2.42 bits per heavy atom. The van der Waals surface area contributed by atoms with Crippen molar-refractivity contribution in [3.63, 3.8) is 0 Å². The molecule has 6 nitrogen and oxygen atoms in total. The summed E-state index contributed by atoms with van der Waals surface area (Å²) in [6, 6.07) is 14.3. The van der Waals surface area contributed by atoms with Crippen LogP contribution in [-0.4, -0.2) is 56.0 Å². The van der Waals surface area contributed by atoms with E-state index in [2.05, 4.69) is 30.3 Å². The van der Waals surface area contributed by atoms with Gasteiger partial charge in [0.2, 0.25) is 0 Å². The smallest absolute Gasteiger partial charge is 0.163 e. The van der Waals surface area contributed by atoms with E-state index in [9.17, 15) is 20.4 Å². The largest absolute Gasteiger partial charge is 0.394 e. The quantitative estimate of drug-likeness (QED) is 0.506. The lowest BCUT2D eigenvalue weighted by molar-refractivity contribution is -0.250. The molecule has 0 spiro atoms. The number of rotatable bonds is 5. The summed E-state index contributed by atoms with van der Waals surface area (Å²) in [7, 11) is 0. The fraction of sp³-hybridized carbons (Fsp3) is 0.360. The lowest BCUT2D eigenvalue weighted by Gasteiger charge is -2.40. The van der Waals surface area contributed by atoms with Crippen molar-refractivity contribution in [2.75, 3.05) is 6.61 Å². The molecule has 31 heavy (non-hydrogen) atoms. The highest BCUT2D eigenvalue weighted by atomic mass is 16.6. The van der Waals surface area contributed by atoms with E-state index >= 15 is 0 Å². The van der Waals surface area contributed by atoms with Gasteiger partial charge in [-0.1, -0.05) is 48.6 Å². The molecule has 0 amide bonds. The summed E-state index contributed by atoms with van der Waals surface area (Å²) >= 11 is 0. The van der Waals surface area contributed by atoms with Gasteiger partial charge < -0.3 is 29.7 Å². The van der Waals surface area contributed by atoms with Crippen molar-refractivity contribution in [1.29, 1.82) is 0 Å². The monoisotopic (exact) mass is 423 g/mol. The van der Waals surface area contributed by atoms with E-state index < -0.39 is 37.3 Å². The highest BCUT2D eigenvalue weighted by Gasteiger charge is 2.44. The number of aliphatic hydroxyl groups is 4. The van der Waals surface area contributed by atoms with E-state index in [0.29, 0.717) is 6.42 Å². The Morgan fingerprint density at radius 2 is 1.74 bits per heavy atom. The van der Waals surface area contributed by atoms with Gasteiger partial charge in [0.25, 0.3) is 0 Å². The third-order valence-corrected chi connectivity index (χ3v) is 6.02. The van der Waals surface area contributed by atoms with Crippen LogP contribution in [0.15, 0.2) is 54.7 Å². The zero-order chi connectivity index (χ0) is 22.1. The number of aliphatic hydroxyl groups excluding tert-OH is 4. The minimum absolute atomic E-state index is 0.453. The van der Waals surface area contributed by atoms with Crippen molar-refractivity contribution < 1.29 is 25.2 Å². The Labute approximate surface area is 181 Å². The van der Waals surface area contributed by atoms with Crippen LogP contribution in [0.1, 0.15) is 35.4 Å². The first-order valence-electron chi connectivity index (χ1n) is 10.6. The van der Waals surface area contributed by atoms with E-state index in [1.807, 2.05) is 44.3 Å². The van der Waals surface area contributed by atoms with E-state index in [1.165, 1.54) is 0 Å². The van der Waals surface area contributed by atoms with Crippen molar-refractivity contribution in [2.24, 2.45) is 0 Å². The Kier molecular flexibility index (Phi) is 6.27. The molecular weight excluding hydrogens is 394 g/mol. The van der Waals surface area contributed by atoms with Gasteiger partial charge in [-0.25, -0.2) is 0 Å². The molecule has 1 aromatic heterocycles. The molecule has 4 N–H and O–H groups in total. The molecule has 0 radical (unpaired) electrons. The molecule has 0 bridgehead atoms. The number of aromatic nitrogens is 1. The minimum atomic E-state index is -1.42. The summed E-state index contributed by atoms with van der Waals surface area (Å²) in [5.41, 5.74) is 5.34. The number of hydrogen-bond acceptors (Lipinski definition) is 5. The summed E-state index contributed by atoms with van der Waals surface area (Å²) < 4.78 is 7.62. The molecule has 1 saturated heterocycles. The third-order valence-electron chi connectivity index (χ3n) is 6.02. The van der Waals surface area contributed by atoms with Crippen LogP contribution in [0.2, 0.25) is 0 Å². The highest BCUT2D eigenvalue weighted by Crippen LogP contribution is 2.35. The lowest BCUT2D eigenvalue weighted by atomic mass is 9.98. The second kappa shape index (κ2) is 8.94. The predicted octanol–water partition coefficient (Wildman–Crippen LogP) is 2.55. The average molecular weight is 424 g/mol. The van der Waals surface area contributed by atoms with Crippen molar-refractivity contribution in [3.8, 4) is 0 Å². The number of ether oxygens (including phenoxy) is 1. The second-order valence-electron chi connectivity index (χ2n) is 8.17. The van der Waals surface area contributed by atoms with Crippen LogP contribution in [0.5, 0.6) is 0 Å². The standard InChI is InChI=1S/C25H29NO5/c1-3-5-16-8-10-17(11-9-16)12-18-13-26(19-7-4-6-15(2)21(18)19)25-24(30)23(29)22(28)20(14-27)31-25/h3-11,13,20,22-25,27-30H,12,14H2,1-2H3/t20-,22-,23+,24-,25-/m1/s1. The maximum Gasteiger partial charge on any atom is 0.163 e. The fourth-order valence-electron chi connectivity index (χ4n) is 4.40. The first kappa shape index (κ1) is 21.7. The van der Waals surface area contributed by atoms with Crippen LogP contribution >= 0.6 is 0 Å². The van der Waals surface area contributed by atoms with E-state index in [1.54, 1.807) is 4.57 Å². The van der Waals surface area contributed by atoms with Gasteiger partial charge in [-0.3, -0.25) is 0 Å². The number of nitrogens with zero attached hydrogens (tertiary/aromatic N) is 1. The zero-order valence-corrected chi connectivity index (χ0v) is 17.7. The number of aryl methyl sites for hydroxylation is 1. The number of hydrogen-bond donors (Lipinski definition) is 4. The van der Waals surface area contributed by atoms with Crippen molar-refractivity contribution in [2.45, 2.75) is 50.9 Å². The molecule has 1 aliphatic heterocycles. The summed E-state index contributed by atoms with van der Waals surface area (Å²) in [5.74, 6) is 0. The second-order valence-corrected chi connectivity index (χ2v) is 8.17. The molecule has 3 aromatic rings. The topological polar surface area (TPSA) is 95.1 Å². The first-order valence-corrected chi connectivity index (χ1v) is 10.6. The number of fused-ring (bicyclic) bond motifs is 1. The molecule has 1 aliphatic rings. The molecule has 6 heteroatoms. The minimum Gasteiger partial charge on any atom is -0.394 e. The molecule has 5 atom stereocenters. The molecular formula is C25H29NO5. The zero-order valence-electron chi connectivity index (χ0n) is 17.7. The van der Waals surface area contributed by atoms with Gasteiger partial charge in [0.05, 0.1) is 12.1 Å². The number of allylic oxidation sites excluding steroid dienone is 1. The summed E-state index contributed by atoms with van der Waals surface area (Å²) in [4.78, 5) is 0. The van der Waals surface area contributed by atoms with Crippen molar-refractivity contribution >= 4 is 17.0 Å². The van der Waals surface area contributed by atoms with Crippen LogP contribution in [0.25, 0.3) is 17.0 Å². The van der Waals surface area contributed by atoms with Gasteiger partial charge in [0.1, 0.15) is 24.4 Å². The average Bonchev–Trinajstić information content (AvgIpc) is 3.13. The van der Waals surface area contributed by atoms with Gasteiger partial charge in [-0.2, -0.15) is 0 Å². The SMILES string of the molecule is CC=Cc1ccc(Cc2cn([C@@H]3O[C@H](CO)[C@@H](O)[C@H](O)[C@H]3O)c3cccc(C)c23)cc1. The van der Waals surface area contributed by atoms with E-state index in [4.69, 9.17) is 4.74 Å². The Hall–Kier alpha value is -2.48. The van der Waals surface area contributed by atoms with Crippen LogP contribution in [0.4, 0.5) is 0 Å². The van der Waals surface area contributed by atoms with Gasteiger partial charge in [-0.05, 0) is 48.6 Å². The molecule has 0 saturated carbocycles. The first-order chi connectivity index (χ1) is 14.9. The predicted molar refractivity (Wildman–Crippen MR) is 120 cm³/mol. The van der Waals surface area contributed by atoms with Gasteiger partial charge >= 0.3 is 0 Å². The molecule has 2 aromatic carbocycles. The molecule has 0 unspecified atom stereocenters. The van der Waals surface area contributed by atoms with Crippen molar-refractivity contribution in [1.82, 2.24) is 4.57 Å². The lowest BCUT2D eigenvalue weighted by Crippen LogP contribution is -2.56. The highest BCUT2D eigenvalue weighted by molar-refractivity contribution is 5.87. The van der Waals surface area contributed by atoms with Crippen LogP contribution in [-0.2, 0) is 11.2 Å². The van der Waals surface area contributed by atoms with Crippen LogP contribution < -0.4 is 0 Å². The molecule has 1 fully saturated rings. The Balaban J connectivity index is 1.75. The Morgan fingerprint density at radius 1 is 1.00 bits per heavy atom. The fourth-order valence-corrected chi connectivity index (χ4v) is 4.40. The van der Waals surface area contributed by atoms with Gasteiger partial charge in [0.15, 0.2) is 6.23 Å². The summed E-state index contributed by atoms with van der Waals surface area (Å²) in [5, 5.41) is 41.7. The molecule has 164 valence electrons. The summed E-state index contributed by atoms with van der Waals surface area (Å²) in [6.07, 6.45) is 0.689. The van der Waals surface area contributed by atoms with E-state index in [-0.39, 0.29) is 0 Å². The maximum atomic E-state index is 10.6. The maximum absolute atomic E-state index is 10.6. The van der Waals surface area contributed by atoms with Crippen molar-refractivity contribution in [3.05, 3.63) is 77.0 Å². The van der Waals surface area contributed by atoms with Gasteiger partial charge in [0, 0.05) is 11.6 Å². The summed E-state index contributed by atoms with van der Waals surface area (Å²) in [6.45, 7) is 3.58. The van der Waals surface area contributed by atoms with Gasteiger partial charge in [-0.15, -0.1) is 0 Å².